The van der Waals surface area contributed by atoms with Crippen LogP contribution in [0.2, 0.25) is 0 Å². The minimum atomic E-state index is -0.223. The molecule has 1 fully saturated rings. The Balaban J connectivity index is 2.15. The highest BCUT2D eigenvalue weighted by Gasteiger charge is 2.28. The molecule has 2 heterocycles. The normalized spacial score (nSPS) is 22.0. The summed E-state index contributed by atoms with van der Waals surface area (Å²) >= 11 is 0. The molecule has 1 N–H and O–H groups in total. The summed E-state index contributed by atoms with van der Waals surface area (Å²) in [6.07, 6.45) is 0. The third-order valence-electron chi connectivity index (χ3n) is 3.55. The first-order valence-corrected chi connectivity index (χ1v) is 6.54. The summed E-state index contributed by atoms with van der Waals surface area (Å²) in [6, 6.07) is 2.04. The van der Waals surface area contributed by atoms with Gasteiger partial charge < -0.3 is 10.2 Å². The molecule has 0 spiro atoms. The maximum atomic E-state index is 12.5. The fourth-order valence-corrected chi connectivity index (χ4v) is 2.55. The summed E-state index contributed by atoms with van der Waals surface area (Å²) in [5, 5.41) is 7.70. The third-order valence-corrected chi connectivity index (χ3v) is 3.55. The summed E-state index contributed by atoms with van der Waals surface area (Å²) in [5.74, 6) is 0.162. The van der Waals surface area contributed by atoms with Gasteiger partial charge in [0.1, 0.15) is 6.04 Å². The van der Waals surface area contributed by atoms with Gasteiger partial charge in [0.15, 0.2) is 0 Å². The molecule has 0 bridgehead atoms. The number of rotatable bonds is 2. The van der Waals surface area contributed by atoms with E-state index in [0.29, 0.717) is 0 Å². The summed E-state index contributed by atoms with van der Waals surface area (Å²) in [7, 11) is 0. The fourth-order valence-electron chi connectivity index (χ4n) is 2.55. The van der Waals surface area contributed by atoms with Crippen LogP contribution in [0.15, 0.2) is 6.07 Å². The average Bonchev–Trinajstić information content (AvgIpc) is 2.67. The SMILES string of the molecule is Cc1cc(C)n(C(C)C(=O)N2CCNC[C@@H]2C)n1. The van der Waals surface area contributed by atoms with E-state index < -0.39 is 0 Å². The molecule has 5 nitrogen and oxygen atoms in total. The first kappa shape index (κ1) is 13.1. The number of aromatic nitrogens is 2. The second-order valence-corrected chi connectivity index (χ2v) is 5.13. The van der Waals surface area contributed by atoms with Gasteiger partial charge >= 0.3 is 0 Å². The molecule has 2 atom stereocenters. The Morgan fingerprint density at radius 3 is 2.83 bits per heavy atom. The molecule has 1 unspecified atom stereocenters. The highest BCUT2D eigenvalue weighted by molar-refractivity contribution is 5.80. The van der Waals surface area contributed by atoms with Crippen LogP contribution in [0, 0.1) is 13.8 Å². The van der Waals surface area contributed by atoms with Crippen molar-refractivity contribution in [1.82, 2.24) is 20.0 Å². The number of hydrogen-bond donors (Lipinski definition) is 1. The van der Waals surface area contributed by atoms with Crippen molar-refractivity contribution in [2.45, 2.75) is 39.8 Å². The minimum absolute atomic E-state index is 0.162. The molecule has 100 valence electrons. The van der Waals surface area contributed by atoms with Gasteiger partial charge in [0.2, 0.25) is 5.91 Å². The van der Waals surface area contributed by atoms with Crippen molar-refractivity contribution in [1.29, 1.82) is 0 Å². The number of carbonyl (C=O) groups is 1. The second kappa shape index (κ2) is 5.10. The zero-order chi connectivity index (χ0) is 13.3. The molecule has 1 aliphatic heterocycles. The Bertz CT molecular complexity index is 440. The molecule has 1 aliphatic rings. The van der Waals surface area contributed by atoms with Gasteiger partial charge in [0.25, 0.3) is 0 Å². The van der Waals surface area contributed by atoms with Gasteiger partial charge in [0.05, 0.1) is 5.69 Å². The molecule has 1 aromatic heterocycles. The lowest BCUT2D eigenvalue weighted by Crippen LogP contribution is -2.53. The van der Waals surface area contributed by atoms with Crippen molar-refractivity contribution in [3.8, 4) is 0 Å². The van der Waals surface area contributed by atoms with E-state index in [-0.39, 0.29) is 18.0 Å². The molecular weight excluding hydrogens is 228 g/mol. The summed E-state index contributed by atoms with van der Waals surface area (Å²) in [5.41, 5.74) is 2.00. The Hall–Kier alpha value is -1.36. The van der Waals surface area contributed by atoms with Crippen molar-refractivity contribution in [3.63, 3.8) is 0 Å². The number of nitrogens with zero attached hydrogens (tertiary/aromatic N) is 3. The zero-order valence-corrected chi connectivity index (χ0v) is 11.6. The van der Waals surface area contributed by atoms with Crippen LogP contribution in [0.25, 0.3) is 0 Å². The van der Waals surface area contributed by atoms with Gasteiger partial charge in [-0.05, 0) is 33.8 Å². The van der Waals surface area contributed by atoms with Gasteiger partial charge in [-0.15, -0.1) is 0 Å². The first-order chi connectivity index (χ1) is 8.50. The maximum Gasteiger partial charge on any atom is 0.247 e. The van der Waals surface area contributed by atoms with Gasteiger partial charge in [-0.1, -0.05) is 0 Å². The smallest absolute Gasteiger partial charge is 0.247 e. The highest BCUT2D eigenvalue weighted by Crippen LogP contribution is 2.16. The predicted octanol–water partition coefficient (Wildman–Crippen LogP) is 0.881. The van der Waals surface area contributed by atoms with Gasteiger partial charge in [-0.3, -0.25) is 9.48 Å². The number of aryl methyl sites for hydroxylation is 2. The maximum absolute atomic E-state index is 12.5. The summed E-state index contributed by atoms with van der Waals surface area (Å²) in [4.78, 5) is 14.5. The molecular formula is C13H22N4O. The Morgan fingerprint density at radius 1 is 1.56 bits per heavy atom. The second-order valence-electron chi connectivity index (χ2n) is 5.13. The monoisotopic (exact) mass is 250 g/mol. The molecule has 0 aliphatic carbocycles. The van der Waals surface area contributed by atoms with Crippen molar-refractivity contribution >= 4 is 5.91 Å². The Morgan fingerprint density at radius 2 is 2.28 bits per heavy atom. The number of piperazine rings is 1. The van der Waals surface area contributed by atoms with E-state index in [1.807, 2.05) is 36.4 Å². The molecule has 2 rings (SSSR count). The number of nitrogens with one attached hydrogen (secondary N) is 1. The van der Waals surface area contributed by atoms with Crippen LogP contribution in [0.5, 0.6) is 0 Å². The molecule has 0 aromatic carbocycles. The predicted molar refractivity (Wildman–Crippen MR) is 70.5 cm³/mol. The van der Waals surface area contributed by atoms with E-state index in [9.17, 15) is 4.79 Å². The van der Waals surface area contributed by atoms with Crippen LogP contribution in [0.1, 0.15) is 31.3 Å². The summed E-state index contributed by atoms with van der Waals surface area (Å²) < 4.78 is 1.83. The quantitative estimate of drug-likeness (QED) is 0.848. The Labute approximate surface area is 108 Å². The van der Waals surface area contributed by atoms with Crippen LogP contribution in [0.4, 0.5) is 0 Å². The Kier molecular flexibility index (Phi) is 3.71. The minimum Gasteiger partial charge on any atom is -0.336 e. The largest absolute Gasteiger partial charge is 0.336 e. The molecule has 18 heavy (non-hydrogen) atoms. The van der Waals surface area contributed by atoms with E-state index in [1.54, 1.807) is 0 Å². The van der Waals surface area contributed by atoms with Crippen LogP contribution in [-0.2, 0) is 4.79 Å². The van der Waals surface area contributed by atoms with Crippen molar-refractivity contribution < 1.29 is 4.79 Å². The van der Waals surface area contributed by atoms with Crippen molar-refractivity contribution in [3.05, 3.63) is 17.5 Å². The van der Waals surface area contributed by atoms with Gasteiger partial charge in [-0.25, -0.2) is 0 Å². The third kappa shape index (κ3) is 2.41. The fraction of sp³-hybridized carbons (Fsp3) is 0.692. The molecule has 1 saturated heterocycles. The standard InChI is InChI=1S/C13H22N4O/c1-9-7-10(2)17(15-9)12(4)13(18)16-6-5-14-8-11(16)3/h7,11-12,14H,5-6,8H2,1-4H3/t11-,12?/m0/s1. The highest BCUT2D eigenvalue weighted by atomic mass is 16.2. The van der Waals surface area contributed by atoms with E-state index >= 15 is 0 Å². The van der Waals surface area contributed by atoms with Gasteiger partial charge in [0, 0.05) is 31.4 Å². The van der Waals surface area contributed by atoms with E-state index in [2.05, 4.69) is 17.3 Å². The topological polar surface area (TPSA) is 50.2 Å². The number of carbonyl (C=O) groups excluding carboxylic acids is 1. The van der Waals surface area contributed by atoms with Crippen molar-refractivity contribution in [2.24, 2.45) is 0 Å². The van der Waals surface area contributed by atoms with Gasteiger partial charge in [-0.2, -0.15) is 5.10 Å². The number of amides is 1. The van der Waals surface area contributed by atoms with Crippen LogP contribution in [0.3, 0.4) is 0 Å². The van der Waals surface area contributed by atoms with E-state index in [1.165, 1.54) is 0 Å². The van der Waals surface area contributed by atoms with E-state index in [0.717, 1.165) is 31.0 Å². The zero-order valence-electron chi connectivity index (χ0n) is 11.6. The molecule has 1 aromatic rings. The van der Waals surface area contributed by atoms with Crippen LogP contribution in [-0.4, -0.2) is 46.3 Å². The lowest BCUT2D eigenvalue weighted by atomic mass is 10.1. The molecule has 0 radical (unpaired) electrons. The molecule has 5 heteroatoms. The summed E-state index contributed by atoms with van der Waals surface area (Å²) in [6.45, 7) is 10.5. The van der Waals surface area contributed by atoms with Crippen LogP contribution < -0.4 is 5.32 Å². The molecule has 1 amide bonds. The number of hydrogen-bond acceptors (Lipinski definition) is 3. The molecule has 0 saturated carbocycles. The average molecular weight is 250 g/mol. The first-order valence-electron chi connectivity index (χ1n) is 6.54. The van der Waals surface area contributed by atoms with E-state index in [4.69, 9.17) is 0 Å². The van der Waals surface area contributed by atoms with Crippen molar-refractivity contribution in [2.75, 3.05) is 19.6 Å². The van der Waals surface area contributed by atoms with Crippen LogP contribution >= 0.6 is 0 Å². The lowest BCUT2D eigenvalue weighted by molar-refractivity contribution is -0.137. The lowest BCUT2D eigenvalue weighted by Gasteiger charge is -2.35.